The Morgan fingerprint density at radius 3 is 2.93 bits per heavy atom. The Morgan fingerprint density at radius 2 is 2.26 bits per heavy atom. The number of aryl methyl sites for hydroxylation is 1. The van der Waals surface area contributed by atoms with Gasteiger partial charge in [0.05, 0.1) is 12.2 Å². The molecular weight excluding hydrogens is 392 g/mol. The van der Waals surface area contributed by atoms with Gasteiger partial charge in [-0.3, -0.25) is 14.3 Å². The maximum absolute atomic E-state index is 12.4. The molecule has 1 fully saturated rings. The highest BCUT2D eigenvalue weighted by molar-refractivity contribution is 7.89. The van der Waals surface area contributed by atoms with Gasteiger partial charge in [0.15, 0.2) is 6.61 Å². The van der Waals surface area contributed by atoms with Gasteiger partial charge in [-0.05, 0) is 24.3 Å². The third-order valence-electron chi connectivity index (χ3n) is 4.20. The van der Waals surface area contributed by atoms with Crippen molar-refractivity contribution < 1.29 is 22.7 Å². The lowest BCUT2D eigenvalue weighted by Crippen LogP contribution is -2.36. The second-order valence-corrected chi connectivity index (χ2v) is 8.84. The average molecular weight is 412 g/mol. The molecule has 0 bridgehead atoms. The minimum Gasteiger partial charge on any atom is -0.455 e. The number of rotatable bonds is 7. The van der Waals surface area contributed by atoms with Crippen LogP contribution in [0.4, 0.5) is 0 Å². The summed E-state index contributed by atoms with van der Waals surface area (Å²) in [5.41, 5.74) is 0. The summed E-state index contributed by atoms with van der Waals surface area (Å²) in [6.07, 6.45) is 4.27. The van der Waals surface area contributed by atoms with Crippen LogP contribution in [0.1, 0.15) is 23.8 Å². The minimum absolute atomic E-state index is 0.0142. The van der Waals surface area contributed by atoms with Crippen LogP contribution in [0.25, 0.3) is 0 Å². The lowest BCUT2D eigenvalue weighted by molar-refractivity contribution is -0.151. The first-order valence-electron chi connectivity index (χ1n) is 8.33. The number of hydrogen-bond donors (Lipinski definition) is 1. The highest BCUT2D eigenvalue weighted by atomic mass is 32.2. The van der Waals surface area contributed by atoms with Crippen LogP contribution in [0.2, 0.25) is 0 Å². The van der Waals surface area contributed by atoms with E-state index >= 15 is 0 Å². The molecule has 9 nitrogen and oxygen atoms in total. The van der Waals surface area contributed by atoms with Crippen LogP contribution in [0, 0.1) is 0 Å². The van der Waals surface area contributed by atoms with E-state index in [0.717, 1.165) is 17.7 Å². The van der Waals surface area contributed by atoms with Crippen molar-refractivity contribution in [2.45, 2.75) is 23.8 Å². The predicted molar refractivity (Wildman–Crippen MR) is 97.4 cm³/mol. The molecule has 27 heavy (non-hydrogen) atoms. The molecule has 2 aromatic rings. The molecule has 0 spiro atoms. The van der Waals surface area contributed by atoms with Gasteiger partial charge in [0.25, 0.3) is 5.91 Å². The van der Waals surface area contributed by atoms with Gasteiger partial charge in [-0.15, -0.1) is 11.3 Å². The quantitative estimate of drug-likeness (QED) is 0.669. The van der Waals surface area contributed by atoms with Gasteiger partial charge in [-0.2, -0.15) is 9.82 Å². The van der Waals surface area contributed by atoms with E-state index in [1.54, 1.807) is 23.3 Å². The van der Waals surface area contributed by atoms with Gasteiger partial charge >= 0.3 is 5.97 Å². The average Bonchev–Trinajstić information content (AvgIpc) is 3.37. The van der Waals surface area contributed by atoms with Crippen molar-refractivity contribution in [3.05, 3.63) is 34.8 Å². The molecule has 1 N–H and O–H groups in total. The van der Waals surface area contributed by atoms with Gasteiger partial charge in [-0.25, -0.2) is 8.42 Å². The van der Waals surface area contributed by atoms with Crippen molar-refractivity contribution in [3.8, 4) is 0 Å². The summed E-state index contributed by atoms with van der Waals surface area (Å²) in [7, 11) is -2.27. The molecule has 1 unspecified atom stereocenters. The maximum Gasteiger partial charge on any atom is 0.321 e. The summed E-state index contributed by atoms with van der Waals surface area (Å²) in [5.74, 6) is -1.10. The highest BCUT2D eigenvalue weighted by Crippen LogP contribution is 2.34. The largest absolute Gasteiger partial charge is 0.455 e. The standard InChI is InChI=1S/C16H20N4O5S2/c1-19-10-12(8-17-19)27(23,24)18-9-16(22)25-11-15(21)20-6-2-4-13(20)14-5-3-7-26-14/h3,5,7-8,10,13,18H,2,4,6,9,11H2,1H3. The third kappa shape index (κ3) is 4.73. The van der Waals surface area contributed by atoms with Gasteiger partial charge in [0, 0.05) is 24.7 Å². The molecule has 11 heteroatoms. The van der Waals surface area contributed by atoms with Crippen molar-refractivity contribution >= 4 is 33.2 Å². The van der Waals surface area contributed by atoms with Gasteiger partial charge in [0.1, 0.15) is 11.4 Å². The van der Waals surface area contributed by atoms with E-state index in [0.29, 0.717) is 6.54 Å². The van der Waals surface area contributed by atoms with E-state index in [4.69, 9.17) is 4.74 Å². The summed E-state index contributed by atoms with van der Waals surface area (Å²) in [5, 5.41) is 5.74. The number of thiophene rings is 1. The molecule has 0 saturated carbocycles. The normalized spacial score (nSPS) is 17.2. The van der Waals surface area contributed by atoms with Crippen molar-refractivity contribution in [1.29, 1.82) is 0 Å². The fraction of sp³-hybridized carbons (Fsp3) is 0.438. The molecule has 146 valence electrons. The zero-order chi connectivity index (χ0) is 19.4. The molecule has 1 aliphatic rings. The van der Waals surface area contributed by atoms with Crippen LogP contribution in [-0.4, -0.2) is 54.7 Å². The number of carbonyl (C=O) groups is 2. The minimum atomic E-state index is -3.86. The lowest BCUT2D eigenvalue weighted by atomic mass is 10.2. The van der Waals surface area contributed by atoms with Crippen LogP contribution >= 0.6 is 11.3 Å². The third-order valence-corrected chi connectivity index (χ3v) is 6.53. The number of likely N-dealkylation sites (tertiary alicyclic amines) is 1. The number of esters is 1. The van der Waals surface area contributed by atoms with Crippen molar-refractivity contribution in [2.75, 3.05) is 19.7 Å². The summed E-state index contributed by atoms with van der Waals surface area (Å²) >= 11 is 1.59. The molecule has 0 radical (unpaired) electrons. The Hall–Kier alpha value is -2.24. The number of nitrogens with zero attached hydrogens (tertiary/aromatic N) is 3. The highest BCUT2D eigenvalue weighted by Gasteiger charge is 2.31. The van der Waals surface area contributed by atoms with Crippen LogP contribution in [0.3, 0.4) is 0 Å². The molecule has 1 atom stereocenters. The molecule has 1 saturated heterocycles. The summed E-state index contributed by atoms with van der Waals surface area (Å²) in [4.78, 5) is 27.0. The maximum atomic E-state index is 12.4. The number of sulfonamides is 1. The topological polar surface area (TPSA) is 111 Å². The summed E-state index contributed by atoms with van der Waals surface area (Å²) in [6, 6.07) is 3.94. The zero-order valence-electron chi connectivity index (χ0n) is 14.7. The van der Waals surface area contributed by atoms with Crippen LogP contribution in [0.5, 0.6) is 0 Å². The zero-order valence-corrected chi connectivity index (χ0v) is 16.3. The number of nitrogens with one attached hydrogen (secondary N) is 1. The lowest BCUT2D eigenvalue weighted by Gasteiger charge is -2.23. The Balaban J connectivity index is 1.48. The van der Waals surface area contributed by atoms with E-state index in [2.05, 4.69) is 9.82 Å². The number of carbonyl (C=O) groups excluding carboxylic acids is 2. The van der Waals surface area contributed by atoms with Crippen LogP contribution in [0.15, 0.2) is 34.8 Å². The summed E-state index contributed by atoms with van der Waals surface area (Å²) in [6.45, 7) is -0.346. The van der Waals surface area contributed by atoms with Crippen molar-refractivity contribution in [3.63, 3.8) is 0 Å². The van der Waals surface area contributed by atoms with E-state index < -0.39 is 29.1 Å². The number of amides is 1. The second kappa shape index (κ2) is 8.19. The van der Waals surface area contributed by atoms with E-state index in [1.165, 1.54) is 17.1 Å². The Morgan fingerprint density at radius 1 is 1.44 bits per heavy atom. The molecule has 2 aromatic heterocycles. The molecule has 3 rings (SSSR count). The number of hydrogen-bond acceptors (Lipinski definition) is 7. The monoisotopic (exact) mass is 412 g/mol. The first kappa shape index (κ1) is 19.5. The second-order valence-electron chi connectivity index (χ2n) is 6.10. The van der Waals surface area contributed by atoms with E-state index in [-0.39, 0.29) is 16.8 Å². The number of aromatic nitrogens is 2. The Kier molecular flexibility index (Phi) is 5.92. The Labute approximate surface area is 161 Å². The molecule has 0 aliphatic carbocycles. The number of ether oxygens (including phenoxy) is 1. The molecule has 0 aromatic carbocycles. The molecule has 3 heterocycles. The smallest absolute Gasteiger partial charge is 0.321 e. The van der Waals surface area contributed by atoms with Crippen LogP contribution < -0.4 is 4.72 Å². The fourth-order valence-corrected chi connectivity index (χ4v) is 4.72. The van der Waals surface area contributed by atoms with Gasteiger partial charge in [-0.1, -0.05) is 6.07 Å². The molecule has 1 amide bonds. The van der Waals surface area contributed by atoms with Crippen molar-refractivity contribution in [1.82, 2.24) is 19.4 Å². The Bertz CT molecular complexity index is 907. The predicted octanol–water partition coefficient (Wildman–Crippen LogP) is 0.667. The van der Waals surface area contributed by atoms with Crippen molar-refractivity contribution in [2.24, 2.45) is 7.05 Å². The summed E-state index contributed by atoms with van der Waals surface area (Å²) < 4.78 is 32.5. The first-order valence-corrected chi connectivity index (χ1v) is 10.7. The molecular formula is C16H20N4O5S2. The SMILES string of the molecule is Cn1cc(S(=O)(=O)NCC(=O)OCC(=O)N2CCCC2c2cccs2)cn1. The first-order chi connectivity index (χ1) is 12.9. The van der Waals surface area contributed by atoms with Gasteiger partial charge in [0.2, 0.25) is 10.0 Å². The molecule has 1 aliphatic heterocycles. The van der Waals surface area contributed by atoms with Crippen LogP contribution in [-0.2, 0) is 31.4 Å². The van der Waals surface area contributed by atoms with E-state index in [9.17, 15) is 18.0 Å². The fourth-order valence-electron chi connectivity index (χ4n) is 2.89. The van der Waals surface area contributed by atoms with Gasteiger partial charge < -0.3 is 9.64 Å². The van der Waals surface area contributed by atoms with E-state index in [1.807, 2.05) is 17.5 Å².